The van der Waals surface area contributed by atoms with Gasteiger partial charge in [-0.2, -0.15) is 5.10 Å². The van der Waals surface area contributed by atoms with E-state index < -0.39 is 0 Å². The van der Waals surface area contributed by atoms with E-state index in [-0.39, 0.29) is 11.7 Å². The van der Waals surface area contributed by atoms with Crippen LogP contribution in [0.3, 0.4) is 0 Å². The molecule has 0 unspecified atom stereocenters. The molecular formula is C28H36FN5O2S. The van der Waals surface area contributed by atoms with Crippen LogP contribution in [0.4, 0.5) is 10.2 Å². The number of methoxy groups -OCH3 is 1. The average Bonchev–Trinajstić information content (AvgIpc) is 3.23. The van der Waals surface area contributed by atoms with Crippen LogP contribution in [0.2, 0.25) is 0 Å². The lowest BCUT2D eigenvalue weighted by Gasteiger charge is -2.35. The number of rotatable bonds is 11. The monoisotopic (exact) mass is 525 g/mol. The lowest BCUT2D eigenvalue weighted by molar-refractivity contribution is -0.129. The molecule has 0 aliphatic carbocycles. The highest BCUT2D eigenvalue weighted by atomic mass is 32.2. The Hall–Kier alpha value is -2.88. The average molecular weight is 526 g/mol. The second kappa shape index (κ2) is 13.1. The molecule has 7 nitrogen and oxygen atoms in total. The molecular weight excluding hydrogens is 489 g/mol. The summed E-state index contributed by atoms with van der Waals surface area (Å²) < 4.78 is 21.3. The first-order valence-electron chi connectivity index (χ1n) is 12.7. The van der Waals surface area contributed by atoms with Crippen molar-refractivity contribution >= 4 is 23.5 Å². The number of hydrogen-bond acceptors (Lipinski definition) is 6. The SMILES string of the molecule is COCCCN(Cc1c(C)nn(-c2cccc(F)c2)c1N1CCN(C)CC1)C(=O)CSc1ccccc1. The lowest BCUT2D eigenvalue weighted by atomic mass is 10.2. The molecule has 0 atom stereocenters. The van der Waals surface area contributed by atoms with Gasteiger partial charge in [-0.3, -0.25) is 4.79 Å². The molecule has 2 heterocycles. The summed E-state index contributed by atoms with van der Waals surface area (Å²) in [5.41, 5.74) is 2.53. The summed E-state index contributed by atoms with van der Waals surface area (Å²) in [5.74, 6) is 1.08. The smallest absolute Gasteiger partial charge is 0.233 e. The molecule has 198 valence electrons. The van der Waals surface area contributed by atoms with E-state index in [1.54, 1.807) is 24.9 Å². The second-order valence-electron chi connectivity index (χ2n) is 9.33. The molecule has 1 fully saturated rings. The summed E-state index contributed by atoms with van der Waals surface area (Å²) in [6.45, 7) is 7.13. The number of amides is 1. The van der Waals surface area contributed by atoms with E-state index >= 15 is 0 Å². The fourth-order valence-corrected chi connectivity index (χ4v) is 5.32. The quantitative estimate of drug-likeness (QED) is 0.276. The van der Waals surface area contributed by atoms with Gasteiger partial charge in [-0.25, -0.2) is 9.07 Å². The third kappa shape index (κ3) is 7.12. The largest absolute Gasteiger partial charge is 0.385 e. The van der Waals surface area contributed by atoms with E-state index in [0.29, 0.717) is 31.1 Å². The Morgan fingerprint density at radius 1 is 1.11 bits per heavy atom. The number of anilines is 1. The van der Waals surface area contributed by atoms with Crippen molar-refractivity contribution in [1.29, 1.82) is 0 Å². The van der Waals surface area contributed by atoms with E-state index in [9.17, 15) is 9.18 Å². The van der Waals surface area contributed by atoms with Crippen LogP contribution in [0.5, 0.6) is 0 Å². The van der Waals surface area contributed by atoms with Gasteiger partial charge in [-0.1, -0.05) is 24.3 Å². The van der Waals surface area contributed by atoms with Crippen molar-refractivity contribution in [3.8, 4) is 5.69 Å². The molecule has 1 amide bonds. The van der Waals surface area contributed by atoms with Gasteiger partial charge in [0.1, 0.15) is 11.6 Å². The van der Waals surface area contributed by atoms with Crippen molar-refractivity contribution in [2.45, 2.75) is 24.8 Å². The molecule has 0 saturated carbocycles. The highest BCUT2D eigenvalue weighted by Crippen LogP contribution is 2.30. The van der Waals surface area contributed by atoms with Crippen LogP contribution in [0.15, 0.2) is 59.5 Å². The first-order chi connectivity index (χ1) is 18.0. The van der Waals surface area contributed by atoms with Crippen molar-refractivity contribution < 1.29 is 13.9 Å². The maximum atomic E-state index is 14.2. The number of aryl methyl sites for hydroxylation is 1. The van der Waals surface area contributed by atoms with Crippen LogP contribution in [0, 0.1) is 12.7 Å². The zero-order chi connectivity index (χ0) is 26.2. The van der Waals surface area contributed by atoms with Gasteiger partial charge in [0.05, 0.1) is 23.7 Å². The fraction of sp³-hybridized carbons (Fsp3) is 0.429. The third-order valence-electron chi connectivity index (χ3n) is 6.60. The van der Waals surface area contributed by atoms with Gasteiger partial charge < -0.3 is 19.4 Å². The Bertz CT molecular complexity index is 1160. The predicted octanol–water partition coefficient (Wildman–Crippen LogP) is 4.23. The van der Waals surface area contributed by atoms with Crippen molar-refractivity contribution in [1.82, 2.24) is 19.6 Å². The first-order valence-corrected chi connectivity index (χ1v) is 13.7. The van der Waals surface area contributed by atoms with Gasteiger partial charge in [0.25, 0.3) is 0 Å². The Labute approximate surface area is 223 Å². The number of piperazine rings is 1. The molecule has 3 aromatic rings. The zero-order valence-corrected chi connectivity index (χ0v) is 22.7. The number of carbonyl (C=O) groups is 1. The van der Waals surface area contributed by atoms with Crippen LogP contribution >= 0.6 is 11.8 Å². The standard InChI is InChI=1S/C28H36FN5O2S/c1-22-26(20-33(13-8-18-36-3)27(35)21-37-25-11-5-4-6-12-25)28(32-16-14-31(2)15-17-32)34(30-22)24-10-7-9-23(29)19-24/h4-7,9-12,19H,8,13-18,20-21H2,1-3H3. The van der Waals surface area contributed by atoms with Crippen LogP contribution < -0.4 is 4.90 Å². The van der Waals surface area contributed by atoms with E-state index in [1.165, 1.54) is 12.1 Å². The van der Waals surface area contributed by atoms with Crippen molar-refractivity contribution in [3.05, 3.63) is 71.7 Å². The van der Waals surface area contributed by atoms with Crippen molar-refractivity contribution in [2.75, 3.05) is 64.1 Å². The number of aromatic nitrogens is 2. The number of benzene rings is 2. The molecule has 0 bridgehead atoms. The molecule has 0 radical (unpaired) electrons. The minimum atomic E-state index is -0.300. The van der Waals surface area contributed by atoms with Crippen molar-refractivity contribution in [3.63, 3.8) is 0 Å². The molecule has 1 aliphatic rings. The molecule has 1 saturated heterocycles. The third-order valence-corrected chi connectivity index (χ3v) is 7.59. The van der Waals surface area contributed by atoms with E-state index in [4.69, 9.17) is 9.84 Å². The summed E-state index contributed by atoms with van der Waals surface area (Å²) in [4.78, 5) is 21.0. The minimum absolute atomic E-state index is 0.0761. The van der Waals surface area contributed by atoms with E-state index in [2.05, 4.69) is 16.8 Å². The summed E-state index contributed by atoms with van der Waals surface area (Å²) in [5, 5.41) is 4.85. The molecule has 1 aliphatic heterocycles. The Balaban J connectivity index is 1.64. The summed E-state index contributed by atoms with van der Waals surface area (Å²) in [6, 6.07) is 16.5. The molecule has 37 heavy (non-hydrogen) atoms. The van der Waals surface area contributed by atoms with Gasteiger partial charge in [-0.15, -0.1) is 11.8 Å². The summed E-state index contributed by atoms with van der Waals surface area (Å²) >= 11 is 1.55. The van der Waals surface area contributed by atoms with Gasteiger partial charge >= 0.3 is 0 Å². The molecule has 0 spiro atoms. The maximum absolute atomic E-state index is 14.2. The van der Waals surface area contributed by atoms with Crippen LogP contribution in [-0.4, -0.2) is 84.7 Å². The highest BCUT2D eigenvalue weighted by Gasteiger charge is 2.27. The van der Waals surface area contributed by atoms with Gasteiger partial charge in [0, 0.05) is 56.9 Å². The molecule has 1 aromatic heterocycles. The predicted molar refractivity (Wildman–Crippen MR) is 147 cm³/mol. The summed E-state index contributed by atoms with van der Waals surface area (Å²) in [7, 11) is 3.80. The Kier molecular flexibility index (Phi) is 9.60. The summed E-state index contributed by atoms with van der Waals surface area (Å²) in [6.07, 6.45) is 0.749. The van der Waals surface area contributed by atoms with Crippen LogP contribution in [0.25, 0.3) is 5.69 Å². The molecule has 4 rings (SSSR count). The van der Waals surface area contributed by atoms with E-state index in [0.717, 1.165) is 54.6 Å². The topological polar surface area (TPSA) is 53.8 Å². The maximum Gasteiger partial charge on any atom is 0.233 e. The molecule has 2 aromatic carbocycles. The van der Waals surface area contributed by atoms with Gasteiger partial charge in [-0.05, 0) is 50.7 Å². The van der Waals surface area contributed by atoms with Gasteiger partial charge in [0.15, 0.2) is 0 Å². The molecule has 0 N–H and O–H groups in total. The Morgan fingerprint density at radius 3 is 2.57 bits per heavy atom. The number of likely N-dealkylation sites (N-methyl/N-ethyl adjacent to an activating group) is 1. The highest BCUT2D eigenvalue weighted by molar-refractivity contribution is 8.00. The number of carbonyl (C=O) groups excluding carboxylic acids is 1. The van der Waals surface area contributed by atoms with Gasteiger partial charge in [0.2, 0.25) is 5.91 Å². The number of nitrogens with zero attached hydrogens (tertiary/aromatic N) is 5. The normalized spacial score (nSPS) is 14.2. The zero-order valence-electron chi connectivity index (χ0n) is 21.9. The fourth-order valence-electron chi connectivity index (χ4n) is 4.50. The minimum Gasteiger partial charge on any atom is -0.385 e. The number of halogens is 1. The number of ether oxygens (including phenoxy) is 1. The van der Waals surface area contributed by atoms with Crippen LogP contribution in [-0.2, 0) is 16.1 Å². The number of hydrogen-bond donors (Lipinski definition) is 0. The Morgan fingerprint density at radius 2 is 1.86 bits per heavy atom. The van der Waals surface area contributed by atoms with Crippen molar-refractivity contribution in [2.24, 2.45) is 0 Å². The second-order valence-corrected chi connectivity index (χ2v) is 10.4. The van der Waals surface area contributed by atoms with Crippen LogP contribution in [0.1, 0.15) is 17.7 Å². The first kappa shape index (κ1) is 27.2. The lowest BCUT2D eigenvalue weighted by Crippen LogP contribution is -2.45. The van der Waals surface area contributed by atoms with E-state index in [1.807, 2.05) is 52.9 Å². The number of thioether (sulfide) groups is 1. The molecule has 9 heteroatoms.